The zero-order chi connectivity index (χ0) is 32.2. The minimum Gasteiger partial charge on any atom is -0.496 e. The number of aromatic nitrogens is 3. The highest BCUT2D eigenvalue weighted by atomic mass is 32.1. The number of benzene rings is 1. The highest BCUT2D eigenvalue weighted by Crippen LogP contribution is 2.48. The van der Waals surface area contributed by atoms with Crippen LogP contribution in [0.5, 0.6) is 11.8 Å². The van der Waals surface area contributed by atoms with Gasteiger partial charge in [-0.3, -0.25) is 4.79 Å². The van der Waals surface area contributed by atoms with E-state index >= 15 is 0 Å². The Balaban J connectivity index is 1.29. The molecule has 2 aliphatic heterocycles. The van der Waals surface area contributed by atoms with E-state index in [-0.39, 0.29) is 36.5 Å². The van der Waals surface area contributed by atoms with Crippen LogP contribution < -0.4 is 15.0 Å². The lowest BCUT2D eigenvalue weighted by molar-refractivity contribution is -0.161. The predicted molar refractivity (Wildman–Crippen MR) is 170 cm³/mol. The van der Waals surface area contributed by atoms with Crippen LogP contribution in [0.3, 0.4) is 0 Å². The molecule has 1 aromatic carbocycles. The van der Waals surface area contributed by atoms with Crippen molar-refractivity contribution >= 4 is 27.5 Å². The third-order valence-corrected chi connectivity index (χ3v) is 10.1. The van der Waals surface area contributed by atoms with Crippen LogP contribution in [0.2, 0.25) is 0 Å². The number of carbonyl (C=O) groups excluding carboxylic acids is 1. The van der Waals surface area contributed by atoms with E-state index in [0.29, 0.717) is 45.1 Å². The summed E-state index contributed by atoms with van der Waals surface area (Å²) in [4.78, 5) is 38.5. The van der Waals surface area contributed by atoms with Gasteiger partial charge in [0.05, 0.1) is 41.9 Å². The Morgan fingerprint density at radius 3 is 2.57 bits per heavy atom. The maximum absolute atomic E-state index is 14.4. The van der Waals surface area contributed by atoms with Gasteiger partial charge in [0.25, 0.3) is 5.56 Å². The molecule has 0 N–H and O–H groups in total. The van der Waals surface area contributed by atoms with E-state index in [2.05, 4.69) is 4.98 Å². The quantitative estimate of drug-likeness (QED) is 0.186. The lowest BCUT2D eigenvalue weighted by atomic mass is 10.0. The van der Waals surface area contributed by atoms with Crippen LogP contribution in [0.1, 0.15) is 76.5 Å². The highest BCUT2D eigenvalue weighted by molar-refractivity contribution is 7.22. The third-order valence-electron chi connectivity index (χ3n) is 8.94. The van der Waals surface area contributed by atoms with Crippen molar-refractivity contribution in [2.24, 2.45) is 0 Å². The third kappa shape index (κ3) is 5.71. The first kappa shape index (κ1) is 30.9. The minimum atomic E-state index is -1.22. The first-order valence-corrected chi connectivity index (χ1v) is 16.6. The fourth-order valence-electron chi connectivity index (χ4n) is 6.63. The topological polar surface area (TPSA) is 124 Å². The van der Waals surface area contributed by atoms with E-state index in [4.69, 9.17) is 33.1 Å². The molecule has 2 bridgehead atoms. The molecule has 7 rings (SSSR count). The summed E-state index contributed by atoms with van der Waals surface area (Å²) in [6.07, 6.45) is 7.42. The van der Waals surface area contributed by atoms with Crippen LogP contribution in [0, 0.1) is 6.92 Å². The number of rotatable bonds is 10. The highest BCUT2D eigenvalue weighted by Gasteiger charge is 2.57. The summed E-state index contributed by atoms with van der Waals surface area (Å²) in [7, 11) is 1.63. The SMILES string of the molecule is COc1ccccc1[C@H](COc1nc2sc(-c3ncco3)c(C)c2c(=O)n1C1(C(=O)OC(C)(C)C)CC1)O[C@@H]1C[C@H]2CC[C@@H](C1)O2. The van der Waals surface area contributed by atoms with Crippen LogP contribution >= 0.6 is 11.3 Å². The van der Waals surface area contributed by atoms with Gasteiger partial charge in [0.15, 0.2) is 0 Å². The molecule has 11 nitrogen and oxygen atoms in total. The van der Waals surface area contributed by atoms with E-state index in [1.54, 1.807) is 13.3 Å². The number of para-hydroxylation sites is 1. The summed E-state index contributed by atoms with van der Waals surface area (Å²) >= 11 is 1.30. The molecule has 12 heteroatoms. The Bertz CT molecular complexity index is 1790. The summed E-state index contributed by atoms with van der Waals surface area (Å²) < 4.78 is 37.8. The molecule has 3 aromatic heterocycles. The molecule has 0 spiro atoms. The van der Waals surface area contributed by atoms with Crippen LogP contribution in [0.25, 0.3) is 21.0 Å². The largest absolute Gasteiger partial charge is 0.496 e. The number of oxazole rings is 1. The van der Waals surface area contributed by atoms with Gasteiger partial charge in [0, 0.05) is 5.56 Å². The number of ether oxygens (including phenoxy) is 5. The Morgan fingerprint density at radius 1 is 1.17 bits per heavy atom. The Labute approximate surface area is 270 Å². The number of thiophene rings is 1. The van der Waals surface area contributed by atoms with Crippen molar-refractivity contribution in [2.45, 2.75) is 102 Å². The normalized spacial score (nSPS) is 22.5. The van der Waals surface area contributed by atoms with E-state index in [1.807, 2.05) is 52.0 Å². The molecule has 46 heavy (non-hydrogen) atoms. The fraction of sp³-hybridized carbons (Fsp3) is 0.529. The van der Waals surface area contributed by atoms with Crippen LogP contribution in [0.4, 0.5) is 0 Å². The summed E-state index contributed by atoms with van der Waals surface area (Å²) in [5, 5.41) is 0.399. The van der Waals surface area contributed by atoms with E-state index < -0.39 is 23.2 Å². The van der Waals surface area contributed by atoms with Gasteiger partial charge in [-0.1, -0.05) is 18.2 Å². The monoisotopic (exact) mass is 649 g/mol. The molecule has 4 aromatic rings. The number of aryl methyl sites for hydroxylation is 1. The fourth-order valence-corrected chi connectivity index (χ4v) is 7.73. The molecule has 1 saturated carbocycles. The standard InChI is InChI=1S/C34H39N3O8S/c1-19-26-29(46-27(19)28-35-14-15-41-28)36-32(37(30(26)38)34(12-13-34)31(39)45-33(2,3)4)42-18-25(23-8-6-7-9-24(23)40-5)44-22-16-20-10-11-21(17-22)43-20/h6-9,14-15,20-22,25H,10-13,16-18H2,1-5H3/t20-,21+,22-,25-/m0/s1. The van der Waals surface area contributed by atoms with Crippen LogP contribution in [0.15, 0.2) is 45.9 Å². The van der Waals surface area contributed by atoms with E-state index in [1.165, 1.54) is 22.2 Å². The van der Waals surface area contributed by atoms with Crippen LogP contribution in [-0.2, 0) is 24.5 Å². The van der Waals surface area contributed by atoms with E-state index in [9.17, 15) is 9.59 Å². The predicted octanol–water partition coefficient (Wildman–Crippen LogP) is 6.11. The van der Waals surface area contributed by atoms with Gasteiger partial charge in [0.2, 0.25) is 5.89 Å². The smallest absolute Gasteiger partial charge is 0.333 e. The van der Waals surface area contributed by atoms with Crippen molar-refractivity contribution < 1.29 is 32.9 Å². The molecule has 2 saturated heterocycles. The van der Waals surface area contributed by atoms with Gasteiger partial charge in [-0.2, -0.15) is 4.98 Å². The maximum Gasteiger partial charge on any atom is 0.333 e. The molecule has 244 valence electrons. The number of nitrogens with zero attached hydrogens (tertiary/aromatic N) is 3. The molecule has 0 unspecified atom stereocenters. The first-order chi connectivity index (χ1) is 22.1. The lowest BCUT2D eigenvalue weighted by Crippen LogP contribution is -2.42. The number of methoxy groups -OCH3 is 1. The summed E-state index contributed by atoms with van der Waals surface area (Å²) in [5.74, 6) is 0.588. The molecule has 0 radical (unpaired) electrons. The second-order valence-corrected chi connectivity index (χ2v) is 14.4. The number of hydrogen-bond donors (Lipinski definition) is 0. The van der Waals surface area contributed by atoms with Gasteiger partial charge in [0.1, 0.15) is 40.7 Å². The molecule has 5 heterocycles. The molecule has 1 aliphatic carbocycles. The van der Waals surface area contributed by atoms with Gasteiger partial charge >= 0.3 is 12.0 Å². The van der Waals surface area contributed by atoms with Crippen molar-refractivity contribution in [3.63, 3.8) is 0 Å². The van der Waals surface area contributed by atoms with Crippen molar-refractivity contribution in [2.75, 3.05) is 13.7 Å². The minimum absolute atomic E-state index is 0.0257. The molecule has 3 aliphatic rings. The van der Waals surface area contributed by atoms with Crippen LogP contribution in [-0.4, -0.2) is 58.1 Å². The molecule has 3 fully saturated rings. The molecule has 0 amide bonds. The Morgan fingerprint density at radius 2 is 1.91 bits per heavy atom. The summed E-state index contributed by atoms with van der Waals surface area (Å²) in [5.41, 5.74) is -0.823. The molecule has 4 atom stereocenters. The van der Waals surface area contributed by atoms with Gasteiger partial charge in [-0.15, -0.1) is 11.3 Å². The molecular weight excluding hydrogens is 610 g/mol. The van der Waals surface area contributed by atoms with Crippen molar-refractivity contribution in [1.82, 2.24) is 14.5 Å². The summed E-state index contributed by atoms with van der Waals surface area (Å²) in [6.45, 7) is 7.31. The van der Waals surface area contributed by atoms with Crippen molar-refractivity contribution in [1.29, 1.82) is 0 Å². The Kier molecular flexibility index (Phi) is 7.93. The zero-order valence-corrected chi connectivity index (χ0v) is 27.6. The van der Waals surface area contributed by atoms with Crippen molar-refractivity contribution in [3.8, 4) is 22.5 Å². The number of hydrogen-bond acceptors (Lipinski definition) is 11. The van der Waals surface area contributed by atoms with E-state index in [0.717, 1.165) is 31.2 Å². The number of carbonyl (C=O) groups is 1. The van der Waals surface area contributed by atoms with Crippen molar-refractivity contribution in [3.05, 3.63) is 58.2 Å². The second-order valence-electron chi connectivity index (χ2n) is 13.4. The number of fused-ring (bicyclic) bond motifs is 3. The maximum atomic E-state index is 14.4. The first-order valence-electron chi connectivity index (χ1n) is 15.8. The lowest BCUT2D eigenvalue weighted by Gasteiger charge is -2.32. The average Bonchev–Trinajstić information content (AvgIpc) is 3.30. The van der Waals surface area contributed by atoms with Gasteiger partial charge < -0.3 is 28.1 Å². The van der Waals surface area contributed by atoms with Gasteiger partial charge in [-0.25, -0.2) is 14.3 Å². The Hall–Kier alpha value is -3.74. The second kappa shape index (κ2) is 11.8. The summed E-state index contributed by atoms with van der Waals surface area (Å²) in [6, 6.07) is 7.72. The van der Waals surface area contributed by atoms with Gasteiger partial charge in [-0.05, 0) is 77.8 Å². The average molecular weight is 650 g/mol. The number of esters is 1. The molecular formula is C34H39N3O8S. The zero-order valence-electron chi connectivity index (χ0n) is 26.7.